The molecule has 3 aromatic rings. The van der Waals surface area contributed by atoms with Crippen LogP contribution in [0.3, 0.4) is 0 Å². The van der Waals surface area contributed by atoms with E-state index in [-0.39, 0.29) is 6.10 Å². The Balaban J connectivity index is 1.73. The lowest BCUT2D eigenvalue weighted by atomic mass is 10.1. The van der Waals surface area contributed by atoms with Crippen molar-refractivity contribution >= 4 is 21.6 Å². The lowest BCUT2D eigenvalue weighted by Gasteiger charge is -2.08. The summed E-state index contributed by atoms with van der Waals surface area (Å²) in [5, 5.41) is 2.12. The first-order chi connectivity index (χ1) is 10.4. The summed E-state index contributed by atoms with van der Waals surface area (Å²) in [7, 11) is 0. The van der Waals surface area contributed by atoms with Crippen molar-refractivity contribution in [3.05, 3.63) is 47.6 Å². The molecular weight excluding hydrogens is 284 g/mol. The number of nitrogens with zero attached hydrogens (tertiary/aromatic N) is 2. The van der Waals surface area contributed by atoms with Gasteiger partial charge in [-0.1, -0.05) is 18.2 Å². The Morgan fingerprint density at radius 3 is 2.90 bits per heavy atom. The molecule has 1 atom stereocenters. The molecule has 1 aliphatic heterocycles. The first kappa shape index (κ1) is 12.7. The minimum atomic E-state index is 0.165. The molecule has 5 heteroatoms. The molecular formula is C16H14N2O2S. The molecule has 1 unspecified atom stereocenters. The quantitative estimate of drug-likeness (QED) is 0.721. The minimum Gasteiger partial charge on any atom is -0.437 e. The van der Waals surface area contributed by atoms with Crippen LogP contribution < -0.4 is 4.74 Å². The topological polar surface area (TPSA) is 44.2 Å². The van der Waals surface area contributed by atoms with Crippen LogP contribution in [0.4, 0.5) is 0 Å². The van der Waals surface area contributed by atoms with Gasteiger partial charge in [0.2, 0.25) is 5.88 Å². The molecule has 0 spiro atoms. The van der Waals surface area contributed by atoms with Crippen LogP contribution in [0, 0.1) is 0 Å². The van der Waals surface area contributed by atoms with Gasteiger partial charge in [0.15, 0.2) is 0 Å². The molecule has 106 valence electrons. The summed E-state index contributed by atoms with van der Waals surface area (Å²) in [6.07, 6.45) is 3.90. The van der Waals surface area contributed by atoms with Crippen molar-refractivity contribution in [2.24, 2.45) is 0 Å². The van der Waals surface area contributed by atoms with Crippen molar-refractivity contribution < 1.29 is 9.47 Å². The van der Waals surface area contributed by atoms with Gasteiger partial charge in [0, 0.05) is 12.2 Å². The molecule has 2 aromatic heterocycles. The van der Waals surface area contributed by atoms with Gasteiger partial charge in [0.05, 0.1) is 11.6 Å². The fourth-order valence-corrected chi connectivity index (χ4v) is 3.56. The van der Waals surface area contributed by atoms with Crippen LogP contribution in [0.2, 0.25) is 0 Å². The van der Waals surface area contributed by atoms with E-state index in [0.717, 1.165) is 41.0 Å². The molecule has 1 aliphatic rings. The fraction of sp³-hybridized carbons (Fsp3) is 0.250. The highest BCUT2D eigenvalue weighted by atomic mass is 32.1. The van der Waals surface area contributed by atoms with Crippen molar-refractivity contribution in [3.8, 4) is 11.6 Å². The van der Waals surface area contributed by atoms with E-state index in [9.17, 15) is 0 Å². The van der Waals surface area contributed by atoms with E-state index in [4.69, 9.17) is 9.47 Å². The van der Waals surface area contributed by atoms with Crippen molar-refractivity contribution in [1.29, 1.82) is 0 Å². The number of ether oxygens (including phenoxy) is 2. The van der Waals surface area contributed by atoms with Crippen LogP contribution >= 0.6 is 11.3 Å². The Bertz CT molecular complexity index is 751. The molecule has 4 nitrogen and oxygen atoms in total. The van der Waals surface area contributed by atoms with Crippen molar-refractivity contribution in [2.45, 2.75) is 18.9 Å². The Morgan fingerprint density at radius 2 is 2.10 bits per heavy atom. The second-order valence-electron chi connectivity index (χ2n) is 4.96. The van der Waals surface area contributed by atoms with Crippen LogP contribution in [0.5, 0.6) is 11.6 Å². The van der Waals surface area contributed by atoms with E-state index >= 15 is 0 Å². The average Bonchev–Trinajstić information content (AvgIpc) is 3.17. The van der Waals surface area contributed by atoms with Crippen molar-refractivity contribution in [2.75, 3.05) is 6.61 Å². The van der Waals surface area contributed by atoms with Crippen LogP contribution in [-0.2, 0) is 4.74 Å². The summed E-state index contributed by atoms with van der Waals surface area (Å²) in [5.74, 6) is 1.39. The van der Waals surface area contributed by atoms with Crippen LogP contribution in [0.25, 0.3) is 10.2 Å². The zero-order chi connectivity index (χ0) is 14.1. The fourth-order valence-electron chi connectivity index (χ4n) is 2.57. The van der Waals surface area contributed by atoms with Gasteiger partial charge in [-0.2, -0.15) is 0 Å². The van der Waals surface area contributed by atoms with E-state index in [1.807, 2.05) is 30.3 Å². The predicted molar refractivity (Wildman–Crippen MR) is 81.9 cm³/mol. The van der Waals surface area contributed by atoms with Gasteiger partial charge in [0.25, 0.3) is 0 Å². The number of aromatic nitrogens is 2. The lowest BCUT2D eigenvalue weighted by molar-refractivity contribution is 0.113. The maximum absolute atomic E-state index is 5.89. The second-order valence-corrected chi connectivity index (χ2v) is 5.84. The Kier molecular flexibility index (Phi) is 3.29. The SMILES string of the molecule is c1ccc(Oc2ncnc3c(C4CCCO4)csc23)cc1. The normalized spacial score (nSPS) is 18.2. The van der Waals surface area contributed by atoms with Crippen molar-refractivity contribution in [1.82, 2.24) is 9.97 Å². The third-order valence-corrected chi connectivity index (χ3v) is 4.56. The average molecular weight is 298 g/mol. The zero-order valence-electron chi connectivity index (χ0n) is 11.4. The summed E-state index contributed by atoms with van der Waals surface area (Å²) < 4.78 is 12.6. The minimum absolute atomic E-state index is 0.165. The maximum atomic E-state index is 5.89. The highest BCUT2D eigenvalue weighted by Gasteiger charge is 2.23. The number of para-hydroxylation sites is 1. The van der Waals surface area contributed by atoms with E-state index in [0.29, 0.717) is 5.88 Å². The summed E-state index contributed by atoms with van der Waals surface area (Å²) in [4.78, 5) is 8.71. The molecule has 0 bridgehead atoms. The number of thiophene rings is 1. The summed E-state index contributed by atoms with van der Waals surface area (Å²) in [5.41, 5.74) is 2.11. The Labute approximate surface area is 126 Å². The second kappa shape index (κ2) is 5.42. The number of rotatable bonds is 3. The Morgan fingerprint density at radius 1 is 1.19 bits per heavy atom. The first-order valence-electron chi connectivity index (χ1n) is 6.98. The van der Waals surface area contributed by atoms with Crippen molar-refractivity contribution in [3.63, 3.8) is 0 Å². The molecule has 0 radical (unpaired) electrons. The van der Waals surface area contributed by atoms with Gasteiger partial charge in [-0.3, -0.25) is 0 Å². The van der Waals surface area contributed by atoms with Gasteiger partial charge in [-0.15, -0.1) is 11.3 Å². The smallest absolute Gasteiger partial charge is 0.240 e. The molecule has 0 saturated carbocycles. The molecule has 1 saturated heterocycles. The molecule has 4 rings (SSSR count). The number of hydrogen-bond acceptors (Lipinski definition) is 5. The monoisotopic (exact) mass is 298 g/mol. The summed E-state index contributed by atoms with van der Waals surface area (Å²) in [6, 6.07) is 9.69. The number of benzene rings is 1. The predicted octanol–water partition coefficient (Wildman–Crippen LogP) is 4.34. The van der Waals surface area contributed by atoms with E-state index in [2.05, 4.69) is 15.3 Å². The van der Waals surface area contributed by atoms with Crippen LogP contribution in [0.1, 0.15) is 24.5 Å². The largest absolute Gasteiger partial charge is 0.437 e. The van der Waals surface area contributed by atoms with Crippen LogP contribution in [0.15, 0.2) is 42.0 Å². The lowest BCUT2D eigenvalue weighted by Crippen LogP contribution is -1.96. The van der Waals surface area contributed by atoms with Gasteiger partial charge in [-0.25, -0.2) is 9.97 Å². The molecule has 21 heavy (non-hydrogen) atoms. The molecule has 1 fully saturated rings. The van der Waals surface area contributed by atoms with E-state index in [1.165, 1.54) is 0 Å². The highest BCUT2D eigenvalue weighted by molar-refractivity contribution is 7.17. The maximum Gasteiger partial charge on any atom is 0.240 e. The van der Waals surface area contributed by atoms with E-state index < -0.39 is 0 Å². The molecule has 0 aliphatic carbocycles. The third-order valence-electron chi connectivity index (χ3n) is 3.58. The molecule has 3 heterocycles. The summed E-state index contributed by atoms with van der Waals surface area (Å²) in [6.45, 7) is 0.834. The third kappa shape index (κ3) is 2.39. The van der Waals surface area contributed by atoms with Gasteiger partial charge in [-0.05, 0) is 30.4 Å². The van der Waals surface area contributed by atoms with Gasteiger partial charge >= 0.3 is 0 Å². The molecule has 0 N–H and O–H groups in total. The number of hydrogen-bond donors (Lipinski definition) is 0. The van der Waals surface area contributed by atoms with Gasteiger partial charge in [0.1, 0.15) is 16.8 Å². The molecule has 0 amide bonds. The Hall–Kier alpha value is -1.98. The highest BCUT2D eigenvalue weighted by Crippen LogP contribution is 2.39. The standard InChI is InChI=1S/C16H14N2O2S/c1-2-5-11(6-3-1)20-16-15-14(17-10-18-16)12(9-21-15)13-7-4-8-19-13/h1-3,5-6,9-10,13H,4,7-8H2. The zero-order valence-corrected chi connectivity index (χ0v) is 12.2. The van der Waals surface area contributed by atoms with Gasteiger partial charge < -0.3 is 9.47 Å². The van der Waals surface area contributed by atoms with E-state index in [1.54, 1.807) is 17.7 Å². The van der Waals surface area contributed by atoms with Crippen LogP contribution in [-0.4, -0.2) is 16.6 Å². The first-order valence-corrected chi connectivity index (χ1v) is 7.86. The number of fused-ring (bicyclic) bond motifs is 1. The molecule has 1 aromatic carbocycles. The summed E-state index contributed by atoms with van der Waals surface area (Å²) >= 11 is 1.62.